The minimum absolute atomic E-state index is 0.241. The lowest BCUT2D eigenvalue weighted by molar-refractivity contribution is 0.0118. The summed E-state index contributed by atoms with van der Waals surface area (Å²) < 4.78 is 11.0. The molecular formula is C19H23NO3. The Balaban J connectivity index is 1.68. The standard InChI is InChI=1S/C19H23NO3/c1-2-18(15-22-14-17-11-7-4-8-12-17)23-19(21)20-13-16-9-5-3-6-10-16/h3-12,18H,2,13-15H2,1H3,(H,20,21). The number of alkyl carbamates (subject to hydrolysis) is 1. The molecule has 0 aliphatic rings. The van der Waals surface area contributed by atoms with Gasteiger partial charge in [-0.3, -0.25) is 0 Å². The first-order valence-electron chi connectivity index (χ1n) is 7.88. The highest BCUT2D eigenvalue weighted by molar-refractivity contribution is 5.67. The molecule has 122 valence electrons. The average Bonchev–Trinajstić information content (AvgIpc) is 2.61. The number of nitrogens with one attached hydrogen (secondary N) is 1. The summed E-state index contributed by atoms with van der Waals surface area (Å²) in [4.78, 5) is 11.8. The van der Waals surface area contributed by atoms with Gasteiger partial charge in [0.1, 0.15) is 6.10 Å². The highest BCUT2D eigenvalue weighted by Crippen LogP contribution is 2.05. The number of amides is 1. The van der Waals surface area contributed by atoms with Gasteiger partial charge in [0.15, 0.2) is 0 Å². The molecule has 0 saturated heterocycles. The number of hydrogen-bond acceptors (Lipinski definition) is 3. The van der Waals surface area contributed by atoms with Gasteiger partial charge in [-0.2, -0.15) is 0 Å². The van der Waals surface area contributed by atoms with Crippen LogP contribution in [-0.2, 0) is 22.6 Å². The molecule has 4 nitrogen and oxygen atoms in total. The van der Waals surface area contributed by atoms with Gasteiger partial charge in [-0.15, -0.1) is 0 Å². The van der Waals surface area contributed by atoms with Crippen molar-refractivity contribution in [1.29, 1.82) is 0 Å². The first-order valence-corrected chi connectivity index (χ1v) is 7.88. The predicted molar refractivity (Wildman–Crippen MR) is 89.9 cm³/mol. The Morgan fingerprint density at radius 2 is 1.61 bits per heavy atom. The average molecular weight is 313 g/mol. The van der Waals surface area contributed by atoms with E-state index in [1.54, 1.807) is 0 Å². The van der Waals surface area contributed by atoms with E-state index in [9.17, 15) is 4.79 Å². The van der Waals surface area contributed by atoms with Gasteiger partial charge < -0.3 is 14.8 Å². The summed E-state index contributed by atoms with van der Waals surface area (Å²) in [6.07, 6.45) is 0.0617. The maximum absolute atomic E-state index is 11.8. The van der Waals surface area contributed by atoms with Crippen molar-refractivity contribution in [3.05, 3.63) is 71.8 Å². The monoisotopic (exact) mass is 313 g/mol. The van der Waals surface area contributed by atoms with E-state index in [1.165, 1.54) is 0 Å². The lowest BCUT2D eigenvalue weighted by Gasteiger charge is -2.17. The fourth-order valence-corrected chi connectivity index (χ4v) is 2.08. The van der Waals surface area contributed by atoms with E-state index in [0.717, 1.165) is 11.1 Å². The molecule has 0 spiro atoms. The van der Waals surface area contributed by atoms with Gasteiger partial charge in [0.2, 0.25) is 0 Å². The molecule has 4 heteroatoms. The third-order valence-corrected chi connectivity index (χ3v) is 3.42. The van der Waals surface area contributed by atoms with Gasteiger partial charge in [-0.25, -0.2) is 4.79 Å². The Morgan fingerprint density at radius 1 is 1.00 bits per heavy atom. The largest absolute Gasteiger partial charge is 0.444 e. The SMILES string of the molecule is CCC(COCc1ccccc1)OC(=O)NCc1ccccc1. The van der Waals surface area contributed by atoms with Crippen LogP contribution in [0.25, 0.3) is 0 Å². The van der Waals surface area contributed by atoms with Crippen LogP contribution in [0.15, 0.2) is 60.7 Å². The quantitative estimate of drug-likeness (QED) is 0.804. The zero-order valence-corrected chi connectivity index (χ0v) is 13.4. The van der Waals surface area contributed by atoms with Crippen LogP contribution < -0.4 is 5.32 Å². The van der Waals surface area contributed by atoms with E-state index < -0.39 is 6.09 Å². The third-order valence-electron chi connectivity index (χ3n) is 3.42. The molecule has 0 fully saturated rings. The van der Waals surface area contributed by atoms with Gasteiger partial charge in [0.05, 0.1) is 13.2 Å². The van der Waals surface area contributed by atoms with Gasteiger partial charge >= 0.3 is 6.09 Å². The zero-order valence-electron chi connectivity index (χ0n) is 13.4. The summed E-state index contributed by atoms with van der Waals surface area (Å²) in [6, 6.07) is 19.7. The van der Waals surface area contributed by atoms with Crippen molar-refractivity contribution in [3.8, 4) is 0 Å². The number of rotatable bonds is 8. The van der Waals surface area contributed by atoms with Crippen LogP contribution in [0.3, 0.4) is 0 Å². The highest BCUT2D eigenvalue weighted by Gasteiger charge is 2.12. The molecule has 2 aromatic carbocycles. The normalized spacial score (nSPS) is 11.7. The van der Waals surface area contributed by atoms with Crippen LogP contribution >= 0.6 is 0 Å². The summed E-state index contributed by atoms with van der Waals surface area (Å²) in [5, 5.41) is 2.76. The first-order chi connectivity index (χ1) is 11.3. The fourth-order valence-electron chi connectivity index (χ4n) is 2.08. The van der Waals surface area contributed by atoms with Gasteiger partial charge in [-0.05, 0) is 17.5 Å². The van der Waals surface area contributed by atoms with Crippen molar-refractivity contribution in [2.75, 3.05) is 6.61 Å². The second-order valence-electron chi connectivity index (χ2n) is 5.28. The van der Waals surface area contributed by atoms with Crippen molar-refractivity contribution < 1.29 is 14.3 Å². The van der Waals surface area contributed by atoms with E-state index >= 15 is 0 Å². The van der Waals surface area contributed by atoms with Crippen molar-refractivity contribution in [2.24, 2.45) is 0 Å². The Bertz CT molecular complexity index is 572. The molecule has 2 rings (SSSR count). The second kappa shape index (κ2) is 9.64. The molecule has 0 aromatic heterocycles. The Labute approximate surface area is 137 Å². The molecule has 1 unspecified atom stereocenters. The second-order valence-corrected chi connectivity index (χ2v) is 5.28. The summed E-state index contributed by atoms with van der Waals surface area (Å²) in [5.74, 6) is 0. The van der Waals surface area contributed by atoms with Crippen LogP contribution in [0.1, 0.15) is 24.5 Å². The van der Waals surface area contributed by atoms with Crippen molar-refractivity contribution in [3.63, 3.8) is 0 Å². The summed E-state index contributed by atoms with van der Waals surface area (Å²) in [6.45, 7) is 3.35. The lowest BCUT2D eigenvalue weighted by Crippen LogP contribution is -2.30. The maximum Gasteiger partial charge on any atom is 0.407 e. The van der Waals surface area contributed by atoms with Gasteiger partial charge in [0.25, 0.3) is 0 Å². The van der Waals surface area contributed by atoms with E-state index in [-0.39, 0.29) is 6.10 Å². The minimum atomic E-state index is -0.413. The molecular weight excluding hydrogens is 290 g/mol. The van der Waals surface area contributed by atoms with E-state index in [1.807, 2.05) is 67.6 Å². The number of hydrogen-bond donors (Lipinski definition) is 1. The highest BCUT2D eigenvalue weighted by atomic mass is 16.6. The van der Waals surface area contributed by atoms with E-state index in [0.29, 0.717) is 26.2 Å². The van der Waals surface area contributed by atoms with Crippen LogP contribution in [-0.4, -0.2) is 18.8 Å². The van der Waals surface area contributed by atoms with Crippen LogP contribution in [0.5, 0.6) is 0 Å². The molecule has 1 N–H and O–H groups in total. The first kappa shape index (κ1) is 17.0. The Kier molecular flexibility index (Phi) is 7.14. The van der Waals surface area contributed by atoms with Gasteiger partial charge in [-0.1, -0.05) is 67.6 Å². The maximum atomic E-state index is 11.8. The molecule has 0 aliphatic heterocycles. The Hall–Kier alpha value is -2.33. The number of benzene rings is 2. The summed E-state index contributed by atoms with van der Waals surface area (Å²) in [5.41, 5.74) is 2.15. The van der Waals surface area contributed by atoms with E-state index in [4.69, 9.17) is 9.47 Å². The number of ether oxygens (including phenoxy) is 2. The van der Waals surface area contributed by atoms with Gasteiger partial charge in [0, 0.05) is 6.54 Å². The Morgan fingerprint density at radius 3 is 2.22 bits per heavy atom. The molecule has 0 radical (unpaired) electrons. The third kappa shape index (κ3) is 6.53. The number of carbonyl (C=O) groups is 1. The van der Waals surface area contributed by atoms with Crippen molar-refractivity contribution >= 4 is 6.09 Å². The molecule has 0 heterocycles. The zero-order chi connectivity index (χ0) is 16.3. The smallest absolute Gasteiger partial charge is 0.407 e. The van der Waals surface area contributed by atoms with Crippen molar-refractivity contribution in [2.45, 2.75) is 32.6 Å². The summed E-state index contributed by atoms with van der Waals surface area (Å²) in [7, 11) is 0. The van der Waals surface area contributed by atoms with Crippen molar-refractivity contribution in [1.82, 2.24) is 5.32 Å². The predicted octanol–water partition coefficient (Wildman–Crippen LogP) is 3.91. The molecule has 0 bridgehead atoms. The number of carbonyl (C=O) groups excluding carboxylic acids is 1. The molecule has 0 saturated carbocycles. The van der Waals surface area contributed by atoms with Crippen LogP contribution in [0.2, 0.25) is 0 Å². The van der Waals surface area contributed by atoms with Crippen LogP contribution in [0, 0.1) is 0 Å². The minimum Gasteiger partial charge on any atom is -0.444 e. The van der Waals surface area contributed by atoms with Crippen LogP contribution in [0.4, 0.5) is 4.79 Å². The van der Waals surface area contributed by atoms with E-state index in [2.05, 4.69) is 5.32 Å². The molecule has 0 aliphatic carbocycles. The fraction of sp³-hybridized carbons (Fsp3) is 0.316. The molecule has 23 heavy (non-hydrogen) atoms. The summed E-state index contributed by atoms with van der Waals surface area (Å²) >= 11 is 0. The molecule has 1 amide bonds. The lowest BCUT2D eigenvalue weighted by atomic mass is 10.2. The molecule has 2 aromatic rings. The topological polar surface area (TPSA) is 47.6 Å². The molecule has 1 atom stereocenters.